The van der Waals surface area contributed by atoms with Gasteiger partial charge in [-0.1, -0.05) is 42.1 Å². The third-order valence-corrected chi connectivity index (χ3v) is 6.32. The number of rotatable bonds is 6. The molecule has 6 nitrogen and oxygen atoms in total. The first-order chi connectivity index (χ1) is 15.8. The van der Waals surface area contributed by atoms with Crippen molar-refractivity contribution in [3.63, 3.8) is 0 Å². The van der Waals surface area contributed by atoms with E-state index in [1.165, 1.54) is 18.7 Å². The van der Waals surface area contributed by atoms with Crippen molar-refractivity contribution in [2.45, 2.75) is 25.9 Å². The van der Waals surface area contributed by atoms with Crippen LogP contribution in [0.4, 0.5) is 5.69 Å². The SMILES string of the molecule is CC(=O)c1cccc(NC(=O)CSc2nc3ccccc3c(=O)n2-c2ccc(C)c(C)c2)c1. The maximum absolute atomic E-state index is 13.4. The van der Waals surface area contributed by atoms with Crippen molar-refractivity contribution in [1.82, 2.24) is 9.55 Å². The Labute approximate surface area is 195 Å². The van der Waals surface area contributed by atoms with Gasteiger partial charge in [-0.25, -0.2) is 4.98 Å². The van der Waals surface area contributed by atoms with Crippen LogP contribution in [0.25, 0.3) is 16.6 Å². The molecule has 0 fully saturated rings. The van der Waals surface area contributed by atoms with Gasteiger partial charge in [0, 0.05) is 11.3 Å². The zero-order valence-corrected chi connectivity index (χ0v) is 19.4. The minimum absolute atomic E-state index is 0.0555. The molecule has 0 atom stereocenters. The molecule has 1 N–H and O–H groups in total. The molecule has 0 saturated carbocycles. The molecular formula is C26H23N3O3S. The molecule has 0 unspecified atom stereocenters. The number of fused-ring (bicyclic) bond motifs is 1. The monoisotopic (exact) mass is 457 g/mol. The number of aromatic nitrogens is 2. The van der Waals surface area contributed by atoms with E-state index in [9.17, 15) is 14.4 Å². The quantitative estimate of drug-likeness (QED) is 0.252. The third kappa shape index (κ3) is 4.88. The molecule has 0 aliphatic rings. The van der Waals surface area contributed by atoms with Gasteiger partial charge < -0.3 is 5.32 Å². The van der Waals surface area contributed by atoms with Gasteiger partial charge in [-0.3, -0.25) is 19.0 Å². The Morgan fingerprint density at radius 2 is 1.76 bits per heavy atom. The summed E-state index contributed by atoms with van der Waals surface area (Å²) in [6, 6.07) is 19.8. The fourth-order valence-electron chi connectivity index (χ4n) is 3.44. The van der Waals surface area contributed by atoms with Crippen molar-refractivity contribution in [2.24, 2.45) is 0 Å². The van der Waals surface area contributed by atoms with Crippen LogP contribution in [0.2, 0.25) is 0 Å². The molecule has 4 aromatic rings. The lowest BCUT2D eigenvalue weighted by Gasteiger charge is -2.14. The summed E-state index contributed by atoms with van der Waals surface area (Å²) in [5.74, 6) is -0.270. The number of carbonyl (C=O) groups excluding carboxylic acids is 2. The van der Waals surface area contributed by atoms with Crippen LogP contribution < -0.4 is 10.9 Å². The van der Waals surface area contributed by atoms with E-state index >= 15 is 0 Å². The molecule has 4 rings (SSSR count). The third-order valence-electron chi connectivity index (χ3n) is 5.38. The molecule has 0 radical (unpaired) electrons. The molecule has 0 spiro atoms. The number of amides is 1. The van der Waals surface area contributed by atoms with Gasteiger partial charge in [-0.05, 0) is 68.3 Å². The van der Waals surface area contributed by atoms with E-state index in [0.717, 1.165) is 11.1 Å². The summed E-state index contributed by atoms with van der Waals surface area (Å²) in [5.41, 5.74) is 4.37. The fraction of sp³-hybridized carbons (Fsp3) is 0.154. The second-order valence-electron chi connectivity index (χ2n) is 7.79. The smallest absolute Gasteiger partial charge is 0.266 e. The average Bonchev–Trinajstić information content (AvgIpc) is 2.80. The van der Waals surface area contributed by atoms with E-state index < -0.39 is 0 Å². The highest BCUT2D eigenvalue weighted by Gasteiger charge is 2.15. The summed E-state index contributed by atoms with van der Waals surface area (Å²) in [7, 11) is 0. The number of thioether (sulfide) groups is 1. The summed E-state index contributed by atoms with van der Waals surface area (Å²) in [6.07, 6.45) is 0. The molecule has 3 aromatic carbocycles. The first-order valence-corrected chi connectivity index (χ1v) is 11.4. The van der Waals surface area contributed by atoms with Gasteiger partial charge in [0.25, 0.3) is 5.56 Å². The van der Waals surface area contributed by atoms with Crippen LogP contribution in [0.1, 0.15) is 28.4 Å². The minimum atomic E-state index is -0.255. The number of nitrogens with one attached hydrogen (secondary N) is 1. The molecule has 0 aliphatic heterocycles. The van der Waals surface area contributed by atoms with Crippen molar-refractivity contribution in [1.29, 1.82) is 0 Å². The van der Waals surface area contributed by atoms with E-state index in [1.54, 1.807) is 41.0 Å². The van der Waals surface area contributed by atoms with Gasteiger partial charge in [0.05, 0.1) is 22.3 Å². The van der Waals surface area contributed by atoms with Gasteiger partial charge in [-0.2, -0.15) is 0 Å². The van der Waals surface area contributed by atoms with E-state index in [2.05, 4.69) is 10.3 Å². The van der Waals surface area contributed by atoms with Crippen LogP contribution in [0.5, 0.6) is 0 Å². The standard InChI is InChI=1S/C26H23N3O3S/c1-16-11-12-21(13-17(16)2)29-25(32)22-9-4-5-10-23(22)28-26(29)33-15-24(31)27-20-8-6-7-19(14-20)18(3)30/h4-14H,15H2,1-3H3,(H,27,31). The number of benzene rings is 3. The molecule has 33 heavy (non-hydrogen) atoms. The van der Waals surface area contributed by atoms with Crippen molar-refractivity contribution < 1.29 is 9.59 Å². The molecular weight excluding hydrogens is 434 g/mol. The summed E-state index contributed by atoms with van der Waals surface area (Å²) in [5, 5.41) is 3.77. The van der Waals surface area contributed by atoms with Crippen LogP contribution >= 0.6 is 11.8 Å². The zero-order chi connectivity index (χ0) is 23.5. The number of Topliss-reactive ketones (excluding diaryl/α,β-unsaturated/α-hetero) is 1. The fourth-order valence-corrected chi connectivity index (χ4v) is 4.26. The Hall–Kier alpha value is -3.71. The van der Waals surface area contributed by atoms with Gasteiger partial charge in [-0.15, -0.1) is 0 Å². The summed E-state index contributed by atoms with van der Waals surface area (Å²) in [6.45, 7) is 5.49. The molecule has 0 aliphatic carbocycles. The van der Waals surface area contributed by atoms with E-state index in [0.29, 0.717) is 33.0 Å². The number of hydrogen-bond donors (Lipinski definition) is 1. The lowest BCUT2D eigenvalue weighted by atomic mass is 10.1. The number of para-hydroxylation sites is 1. The van der Waals surface area contributed by atoms with Gasteiger partial charge in [0.2, 0.25) is 5.91 Å². The summed E-state index contributed by atoms with van der Waals surface area (Å²) < 4.78 is 1.56. The predicted molar refractivity (Wildman–Crippen MR) is 133 cm³/mol. The molecule has 1 heterocycles. The molecule has 166 valence electrons. The van der Waals surface area contributed by atoms with Gasteiger partial charge in [0.15, 0.2) is 10.9 Å². The summed E-state index contributed by atoms with van der Waals surface area (Å²) in [4.78, 5) is 42.3. The number of ketones is 1. The maximum Gasteiger partial charge on any atom is 0.266 e. The van der Waals surface area contributed by atoms with Crippen LogP contribution in [-0.2, 0) is 4.79 Å². The maximum atomic E-state index is 13.4. The molecule has 0 saturated heterocycles. The number of nitrogens with zero attached hydrogens (tertiary/aromatic N) is 2. The van der Waals surface area contributed by atoms with Crippen LogP contribution in [0.3, 0.4) is 0 Å². The van der Waals surface area contributed by atoms with Crippen molar-refractivity contribution in [3.05, 3.63) is 93.8 Å². The first-order valence-electron chi connectivity index (χ1n) is 10.5. The first kappa shape index (κ1) is 22.5. The Kier molecular flexibility index (Phi) is 6.42. The Balaban J connectivity index is 1.66. The normalized spacial score (nSPS) is 10.9. The number of carbonyl (C=O) groups is 2. The van der Waals surface area contributed by atoms with Crippen molar-refractivity contribution in [2.75, 3.05) is 11.1 Å². The van der Waals surface area contributed by atoms with Gasteiger partial charge >= 0.3 is 0 Å². The highest BCUT2D eigenvalue weighted by atomic mass is 32.2. The highest BCUT2D eigenvalue weighted by molar-refractivity contribution is 7.99. The molecule has 1 amide bonds. The minimum Gasteiger partial charge on any atom is -0.325 e. The number of anilines is 1. The van der Waals surface area contributed by atoms with Crippen LogP contribution in [0, 0.1) is 13.8 Å². The molecule has 1 aromatic heterocycles. The van der Waals surface area contributed by atoms with Crippen LogP contribution in [-0.4, -0.2) is 27.0 Å². The molecule has 7 heteroatoms. The predicted octanol–water partition coefficient (Wildman–Crippen LogP) is 4.94. The number of aryl methyl sites for hydroxylation is 2. The van der Waals surface area contributed by atoms with Gasteiger partial charge in [0.1, 0.15) is 0 Å². The second kappa shape index (κ2) is 9.42. The molecule has 0 bridgehead atoms. The second-order valence-corrected chi connectivity index (χ2v) is 8.74. The summed E-state index contributed by atoms with van der Waals surface area (Å²) >= 11 is 1.19. The average molecular weight is 458 g/mol. The number of hydrogen-bond acceptors (Lipinski definition) is 5. The van der Waals surface area contributed by atoms with Crippen molar-refractivity contribution in [3.8, 4) is 5.69 Å². The Bertz CT molecular complexity index is 1440. The zero-order valence-electron chi connectivity index (χ0n) is 18.6. The largest absolute Gasteiger partial charge is 0.325 e. The lowest BCUT2D eigenvalue weighted by Crippen LogP contribution is -2.23. The topological polar surface area (TPSA) is 81.1 Å². The lowest BCUT2D eigenvalue weighted by molar-refractivity contribution is -0.113. The van der Waals surface area contributed by atoms with E-state index in [-0.39, 0.29) is 23.0 Å². The van der Waals surface area contributed by atoms with Crippen LogP contribution in [0.15, 0.2) is 76.7 Å². The Morgan fingerprint density at radius 1 is 0.970 bits per heavy atom. The van der Waals surface area contributed by atoms with E-state index in [1.807, 2.05) is 44.2 Å². The highest BCUT2D eigenvalue weighted by Crippen LogP contribution is 2.23. The Morgan fingerprint density at radius 3 is 2.52 bits per heavy atom. The van der Waals surface area contributed by atoms with Crippen molar-refractivity contribution >= 4 is 40.0 Å². The van der Waals surface area contributed by atoms with E-state index in [4.69, 9.17) is 0 Å².